The highest BCUT2D eigenvalue weighted by atomic mass is 15.2. The van der Waals surface area contributed by atoms with E-state index in [4.69, 9.17) is 0 Å². The van der Waals surface area contributed by atoms with E-state index in [-0.39, 0.29) is 6.04 Å². The topological polar surface area (TPSA) is 39.1 Å². The predicted molar refractivity (Wildman–Crippen MR) is 83.1 cm³/mol. The molecule has 0 aromatic heterocycles. The maximum Gasteiger partial charge on any atom is 0.0967 e. The van der Waals surface area contributed by atoms with Crippen molar-refractivity contribution in [3.63, 3.8) is 0 Å². The quantitative estimate of drug-likeness (QED) is 0.659. The standard InChI is InChI=1S/C16H33N3/c1-7-16(8-2)19(12-13(3)4)10-9-15(11-17)18-14(5)6/h13-16,18H,7-10,12H2,1-6H3. The first kappa shape index (κ1) is 18.4. The molecule has 0 aliphatic heterocycles. The first-order chi connectivity index (χ1) is 8.94. The van der Waals surface area contributed by atoms with E-state index in [1.807, 2.05) is 0 Å². The zero-order valence-electron chi connectivity index (χ0n) is 13.7. The highest BCUT2D eigenvalue weighted by Gasteiger charge is 2.18. The second-order valence-corrected chi connectivity index (χ2v) is 6.15. The van der Waals surface area contributed by atoms with Crippen molar-refractivity contribution in [2.24, 2.45) is 5.92 Å². The molecule has 0 bridgehead atoms. The number of nitrogens with one attached hydrogen (secondary N) is 1. The van der Waals surface area contributed by atoms with Gasteiger partial charge in [-0.1, -0.05) is 27.7 Å². The largest absolute Gasteiger partial charge is 0.300 e. The van der Waals surface area contributed by atoms with Gasteiger partial charge in [-0.05, 0) is 39.0 Å². The minimum Gasteiger partial charge on any atom is -0.300 e. The third kappa shape index (κ3) is 8.23. The van der Waals surface area contributed by atoms with Gasteiger partial charge in [0.2, 0.25) is 0 Å². The van der Waals surface area contributed by atoms with Crippen LogP contribution < -0.4 is 5.32 Å². The van der Waals surface area contributed by atoms with E-state index in [0.717, 1.165) is 19.5 Å². The summed E-state index contributed by atoms with van der Waals surface area (Å²) < 4.78 is 0. The number of hydrogen-bond donors (Lipinski definition) is 1. The fraction of sp³-hybridized carbons (Fsp3) is 0.938. The van der Waals surface area contributed by atoms with Gasteiger partial charge in [-0.2, -0.15) is 5.26 Å². The maximum absolute atomic E-state index is 9.19. The lowest BCUT2D eigenvalue weighted by Gasteiger charge is -2.32. The molecular weight excluding hydrogens is 234 g/mol. The normalized spacial score (nSPS) is 13.5. The van der Waals surface area contributed by atoms with Crippen molar-refractivity contribution < 1.29 is 0 Å². The summed E-state index contributed by atoms with van der Waals surface area (Å²) in [7, 11) is 0. The first-order valence-electron chi connectivity index (χ1n) is 7.84. The Labute approximate surface area is 120 Å². The van der Waals surface area contributed by atoms with E-state index in [2.05, 4.69) is 57.8 Å². The number of rotatable bonds is 10. The van der Waals surface area contributed by atoms with Crippen LogP contribution in [0.3, 0.4) is 0 Å². The van der Waals surface area contributed by atoms with Crippen molar-refractivity contribution in [3.8, 4) is 6.07 Å². The molecule has 0 radical (unpaired) electrons. The van der Waals surface area contributed by atoms with E-state index >= 15 is 0 Å². The molecule has 1 unspecified atom stereocenters. The first-order valence-corrected chi connectivity index (χ1v) is 7.84. The highest BCUT2D eigenvalue weighted by Crippen LogP contribution is 2.12. The van der Waals surface area contributed by atoms with Crippen LogP contribution in [0.25, 0.3) is 0 Å². The Bertz CT molecular complexity index is 251. The third-order valence-corrected chi connectivity index (χ3v) is 3.45. The maximum atomic E-state index is 9.19. The Balaban J connectivity index is 4.42. The van der Waals surface area contributed by atoms with E-state index in [1.54, 1.807) is 0 Å². The smallest absolute Gasteiger partial charge is 0.0967 e. The Morgan fingerprint density at radius 1 is 1.11 bits per heavy atom. The van der Waals surface area contributed by atoms with Gasteiger partial charge in [0.25, 0.3) is 0 Å². The van der Waals surface area contributed by atoms with Crippen molar-refractivity contribution in [2.75, 3.05) is 13.1 Å². The van der Waals surface area contributed by atoms with Crippen LogP contribution in [0.4, 0.5) is 0 Å². The summed E-state index contributed by atoms with van der Waals surface area (Å²) in [6.45, 7) is 15.4. The lowest BCUT2D eigenvalue weighted by molar-refractivity contribution is 0.160. The molecule has 0 rings (SSSR count). The summed E-state index contributed by atoms with van der Waals surface area (Å²) in [5, 5.41) is 12.5. The Morgan fingerprint density at radius 2 is 1.68 bits per heavy atom. The molecule has 3 nitrogen and oxygen atoms in total. The van der Waals surface area contributed by atoms with E-state index < -0.39 is 0 Å². The molecule has 19 heavy (non-hydrogen) atoms. The summed E-state index contributed by atoms with van der Waals surface area (Å²) in [5.74, 6) is 0.680. The summed E-state index contributed by atoms with van der Waals surface area (Å²) in [6.07, 6.45) is 3.30. The van der Waals surface area contributed by atoms with Crippen molar-refractivity contribution in [2.45, 2.75) is 78.9 Å². The molecule has 112 valence electrons. The average molecular weight is 267 g/mol. The number of nitrogens with zero attached hydrogens (tertiary/aromatic N) is 2. The van der Waals surface area contributed by atoms with Gasteiger partial charge in [0, 0.05) is 25.2 Å². The van der Waals surface area contributed by atoms with Gasteiger partial charge in [0.05, 0.1) is 12.1 Å². The molecular formula is C16H33N3. The van der Waals surface area contributed by atoms with Crippen molar-refractivity contribution >= 4 is 0 Å². The van der Waals surface area contributed by atoms with Crippen LogP contribution in [-0.4, -0.2) is 36.1 Å². The zero-order chi connectivity index (χ0) is 14.8. The zero-order valence-corrected chi connectivity index (χ0v) is 13.7. The van der Waals surface area contributed by atoms with E-state index in [9.17, 15) is 5.26 Å². The van der Waals surface area contributed by atoms with Crippen LogP contribution in [0.15, 0.2) is 0 Å². The molecule has 0 heterocycles. The average Bonchev–Trinajstić information content (AvgIpc) is 2.34. The van der Waals surface area contributed by atoms with Crippen LogP contribution in [-0.2, 0) is 0 Å². The predicted octanol–water partition coefficient (Wildman–Crippen LogP) is 3.41. The molecule has 0 saturated heterocycles. The number of hydrogen-bond acceptors (Lipinski definition) is 3. The van der Waals surface area contributed by atoms with Crippen LogP contribution >= 0.6 is 0 Å². The minimum atomic E-state index is -0.0241. The van der Waals surface area contributed by atoms with Gasteiger partial charge in [0.15, 0.2) is 0 Å². The van der Waals surface area contributed by atoms with Crippen LogP contribution in [0.5, 0.6) is 0 Å². The van der Waals surface area contributed by atoms with Crippen molar-refractivity contribution in [1.29, 1.82) is 5.26 Å². The van der Waals surface area contributed by atoms with Gasteiger partial charge in [-0.25, -0.2) is 0 Å². The van der Waals surface area contributed by atoms with Gasteiger partial charge in [-0.15, -0.1) is 0 Å². The summed E-state index contributed by atoms with van der Waals surface area (Å²) >= 11 is 0. The summed E-state index contributed by atoms with van der Waals surface area (Å²) in [4.78, 5) is 2.57. The molecule has 3 heteroatoms. The molecule has 1 atom stereocenters. The lowest BCUT2D eigenvalue weighted by atomic mass is 10.1. The molecule has 0 aromatic rings. The Hall–Kier alpha value is -0.590. The lowest BCUT2D eigenvalue weighted by Crippen LogP contribution is -2.42. The summed E-state index contributed by atoms with van der Waals surface area (Å²) in [5.41, 5.74) is 0. The molecule has 0 aliphatic carbocycles. The molecule has 0 saturated carbocycles. The minimum absolute atomic E-state index is 0.0241. The van der Waals surface area contributed by atoms with Gasteiger partial charge in [0.1, 0.15) is 0 Å². The van der Waals surface area contributed by atoms with Crippen LogP contribution in [0, 0.1) is 17.2 Å². The second-order valence-electron chi connectivity index (χ2n) is 6.15. The SMILES string of the molecule is CCC(CC)N(CCC(C#N)NC(C)C)CC(C)C. The van der Waals surface area contributed by atoms with Crippen LogP contribution in [0.1, 0.15) is 60.8 Å². The highest BCUT2D eigenvalue weighted by molar-refractivity contribution is 4.91. The molecule has 0 spiro atoms. The summed E-state index contributed by atoms with van der Waals surface area (Å²) in [6, 6.07) is 3.38. The van der Waals surface area contributed by atoms with Gasteiger partial charge < -0.3 is 4.90 Å². The van der Waals surface area contributed by atoms with E-state index in [0.29, 0.717) is 18.0 Å². The van der Waals surface area contributed by atoms with Gasteiger partial charge >= 0.3 is 0 Å². The van der Waals surface area contributed by atoms with Crippen molar-refractivity contribution in [3.05, 3.63) is 0 Å². The Morgan fingerprint density at radius 3 is 2.05 bits per heavy atom. The van der Waals surface area contributed by atoms with E-state index in [1.165, 1.54) is 12.8 Å². The second kappa shape index (κ2) is 10.2. The molecule has 0 amide bonds. The van der Waals surface area contributed by atoms with Crippen molar-refractivity contribution in [1.82, 2.24) is 10.2 Å². The molecule has 0 aromatic carbocycles. The number of nitriles is 1. The molecule has 0 fully saturated rings. The fourth-order valence-corrected chi connectivity index (χ4v) is 2.58. The fourth-order valence-electron chi connectivity index (χ4n) is 2.58. The van der Waals surface area contributed by atoms with Crippen LogP contribution in [0.2, 0.25) is 0 Å². The Kier molecular flexibility index (Phi) is 9.91. The third-order valence-electron chi connectivity index (χ3n) is 3.45. The van der Waals surface area contributed by atoms with Gasteiger partial charge in [-0.3, -0.25) is 5.32 Å². The molecule has 0 aliphatic rings. The molecule has 1 N–H and O–H groups in total. The monoisotopic (exact) mass is 267 g/mol.